The molecule has 1 aromatic rings. The Morgan fingerprint density at radius 3 is 2.68 bits per heavy atom. The van der Waals surface area contributed by atoms with E-state index in [1.807, 2.05) is 44.2 Å². The van der Waals surface area contributed by atoms with E-state index in [0.29, 0.717) is 0 Å². The second kappa shape index (κ2) is 5.52. The number of rotatable bonds is 2. The van der Waals surface area contributed by atoms with Crippen molar-refractivity contribution in [1.29, 1.82) is 0 Å². The van der Waals surface area contributed by atoms with Gasteiger partial charge in [-0.1, -0.05) is 30.3 Å². The van der Waals surface area contributed by atoms with Gasteiger partial charge in [0.15, 0.2) is 0 Å². The van der Waals surface area contributed by atoms with Crippen molar-refractivity contribution >= 4 is 12.4 Å². The van der Waals surface area contributed by atoms with E-state index in [4.69, 9.17) is 0 Å². The van der Waals surface area contributed by atoms with Crippen LogP contribution in [0.15, 0.2) is 59.9 Å². The van der Waals surface area contributed by atoms with Crippen molar-refractivity contribution in [2.75, 3.05) is 0 Å². The molecular formula is C15H17N3O. The van der Waals surface area contributed by atoms with Gasteiger partial charge >= 0.3 is 6.03 Å². The first kappa shape index (κ1) is 13.1. The largest absolute Gasteiger partial charge is 0.328 e. The second-order valence-electron chi connectivity index (χ2n) is 4.78. The topological polar surface area (TPSA) is 44.7 Å². The molecule has 1 aliphatic rings. The van der Waals surface area contributed by atoms with Crippen LogP contribution >= 0.6 is 0 Å². The number of carbonyl (C=O) groups excluding carboxylic acids is 1. The monoisotopic (exact) mass is 255 g/mol. The van der Waals surface area contributed by atoms with Crippen molar-refractivity contribution < 1.29 is 4.79 Å². The first-order chi connectivity index (χ1) is 9.09. The van der Waals surface area contributed by atoms with Gasteiger partial charge in [-0.15, -0.1) is 0 Å². The molecule has 1 N–H and O–H groups in total. The summed E-state index contributed by atoms with van der Waals surface area (Å²) in [6.45, 7) is 3.94. The smallest absolute Gasteiger partial charge is 0.327 e. The summed E-state index contributed by atoms with van der Waals surface area (Å²) in [5.41, 5.74) is 0.608. The summed E-state index contributed by atoms with van der Waals surface area (Å²) < 4.78 is 0. The summed E-state index contributed by atoms with van der Waals surface area (Å²) >= 11 is 0. The van der Waals surface area contributed by atoms with Gasteiger partial charge in [-0.05, 0) is 31.6 Å². The zero-order chi connectivity index (χ0) is 13.7. The van der Waals surface area contributed by atoms with Crippen LogP contribution in [0.3, 0.4) is 0 Å². The molecule has 0 radical (unpaired) electrons. The van der Waals surface area contributed by atoms with Gasteiger partial charge in [0, 0.05) is 12.4 Å². The molecule has 19 heavy (non-hydrogen) atoms. The Balaban J connectivity index is 2.10. The second-order valence-corrected chi connectivity index (χ2v) is 4.78. The molecular weight excluding hydrogens is 238 g/mol. The number of benzene rings is 1. The molecule has 2 amide bonds. The molecule has 0 spiro atoms. The zero-order valence-electron chi connectivity index (χ0n) is 11.1. The molecule has 0 fully saturated rings. The summed E-state index contributed by atoms with van der Waals surface area (Å²) in [7, 11) is 0. The van der Waals surface area contributed by atoms with Crippen LogP contribution in [0.1, 0.15) is 19.4 Å². The molecule has 98 valence electrons. The van der Waals surface area contributed by atoms with Crippen LogP contribution in [0.25, 0.3) is 0 Å². The Kier molecular flexibility index (Phi) is 3.80. The first-order valence-electron chi connectivity index (χ1n) is 6.12. The lowest BCUT2D eigenvalue weighted by atomic mass is 9.94. The highest BCUT2D eigenvalue weighted by Gasteiger charge is 2.24. The molecule has 0 saturated carbocycles. The van der Waals surface area contributed by atoms with E-state index in [-0.39, 0.29) is 6.03 Å². The number of hydrogen-bond acceptors (Lipinski definition) is 2. The van der Waals surface area contributed by atoms with Crippen molar-refractivity contribution in [3.8, 4) is 0 Å². The van der Waals surface area contributed by atoms with Crippen molar-refractivity contribution in [2.24, 2.45) is 4.99 Å². The van der Waals surface area contributed by atoms with Crippen molar-refractivity contribution in [1.82, 2.24) is 10.2 Å². The zero-order valence-corrected chi connectivity index (χ0v) is 11.1. The van der Waals surface area contributed by atoms with Gasteiger partial charge in [-0.3, -0.25) is 4.90 Å². The van der Waals surface area contributed by atoms with Gasteiger partial charge in [0.1, 0.15) is 6.34 Å². The lowest BCUT2D eigenvalue weighted by Gasteiger charge is -2.28. The summed E-state index contributed by atoms with van der Waals surface area (Å²) in [4.78, 5) is 17.6. The van der Waals surface area contributed by atoms with Gasteiger partial charge in [0.25, 0.3) is 0 Å². The number of nitrogens with zero attached hydrogens (tertiary/aromatic N) is 2. The third kappa shape index (κ3) is 3.31. The average Bonchev–Trinajstić information content (AvgIpc) is 2.68. The fourth-order valence-electron chi connectivity index (χ4n) is 1.77. The van der Waals surface area contributed by atoms with Crippen molar-refractivity contribution in [3.05, 3.63) is 60.4 Å². The van der Waals surface area contributed by atoms with Gasteiger partial charge in [0.2, 0.25) is 0 Å². The third-order valence-electron chi connectivity index (χ3n) is 2.87. The third-order valence-corrected chi connectivity index (χ3v) is 2.87. The fraction of sp³-hybridized carbons (Fsp3) is 0.200. The number of amides is 2. The van der Waals surface area contributed by atoms with Crippen molar-refractivity contribution in [3.63, 3.8) is 0 Å². The maximum absolute atomic E-state index is 12.2. The lowest BCUT2D eigenvalue weighted by Crippen LogP contribution is -2.46. The fourth-order valence-corrected chi connectivity index (χ4v) is 1.77. The van der Waals surface area contributed by atoms with E-state index in [9.17, 15) is 4.79 Å². The molecule has 0 aliphatic carbocycles. The van der Waals surface area contributed by atoms with Crippen molar-refractivity contribution in [2.45, 2.75) is 19.4 Å². The summed E-state index contributed by atoms with van der Waals surface area (Å²) in [5, 5.41) is 2.99. The van der Waals surface area contributed by atoms with Crippen LogP contribution in [-0.2, 0) is 5.54 Å². The maximum atomic E-state index is 12.2. The highest BCUT2D eigenvalue weighted by molar-refractivity contribution is 5.88. The van der Waals surface area contributed by atoms with E-state index < -0.39 is 5.54 Å². The predicted octanol–water partition coefficient (Wildman–Crippen LogP) is 3.00. The number of allylic oxidation sites excluding steroid dienone is 2. The minimum absolute atomic E-state index is 0.211. The number of carbonyl (C=O) groups is 1. The molecule has 0 bridgehead atoms. The highest BCUT2D eigenvalue weighted by atomic mass is 16.2. The van der Waals surface area contributed by atoms with Crippen LogP contribution in [0, 0.1) is 0 Å². The molecule has 1 aromatic carbocycles. The lowest BCUT2D eigenvalue weighted by molar-refractivity contribution is 0.219. The minimum Gasteiger partial charge on any atom is -0.328 e. The Hall–Kier alpha value is -2.36. The first-order valence-corrected chi connectivity index (χ1v) is 6.12. The number of urea groups is 1. The molecule has 1 heterocycles. The van der Waals surface area contributed by atoms with E-state index in [1.165, 1.54) is 11.2 Å². The molecule has 4 heteroatoms. The van der Waals surface area contributed by atoms with E-state index in [2.05, 4.69) is 10.3 Å². The Labute approximate surface area is 113 Å². The summed E-state index contributed by atoms with van der Waals surface area (Å²) in [6, 6.07) is 9.65. The van der Waals surface area contributed by atoms with Crippen LogP contribution in [0.2, 0.25) is 0 Å². The van der Waals surface area contributed by atoms with E-state index >= 15 is 0 Å². The SMILES string of the molecule is CC(C)(NC(=O)N1C=CC=CN=C1)c1ccccc1. The summed E-state index contributed by atoms with van der Waals surface area (Å²) in [5.74, 6) is 0. The van der Waals surface area contributed by atoms with Crippen LogP contribution in [0.4, 0.5) is 4.79 Å². The molecule has 1 aliphatic heterocycles. The maximum Gasteiger partial charge on any atom is 0.327 e. The summed E-state index contributed by atoms with van der Waals surface area (Å²) in [6.07, 6.45) is 8.32. The van der Waals surface area contributed by atoms with Gasteiger partial charge in [-0.25, -0.2) is 9.79 Å². The van der Waals surface area contributed by atoms with E-state index in [0.717, 1.165) is 5.56 Å². The quantitative estimate of drug-likeness (QED) is 0.867. The molecule has 4 nitrogen and oxygen atoms in total. The predicted molar refractivity (Wildman–Crippen MR) is 76.6 cm³/mol. The van der Waals surface area contributed by atoms with Crippen LogP contribution in [-0.4, -0.2) is 17.3 Å². The normalized spacial score (nSPS) is 14.3. The molecule has 0 aromatic heterocycles. The van der Waals surface area contributed by atoms with E-state index in [1.54, 1.807) is 24.6 Å². The average molecular weight is 255 g/mol. The Morgan fingerprint density at radius 2 is 1.95 bits per heavy atom. The molecule has 0 saturated heterocycles. The van der Waals surface area contributed by atoms with Gasteiger partial charge < -0.3 is 5.32 Å². The number of hydrogen-bond donors (Lipinski definition) is 1. The highest BCUT2D eigenvalue weighted by Crippen LogP contribution is 2.19. The van der Waals surface area contributed by atoms with Gasteiger partial charge in [0.05, 0.1) is 5.54 Å². The number of nitrogens with one attached hydrogen (secondary N) is 1. The minimum atomic E-state index is -0.445. The van der Waals surface area contributed by atoms with Crippen LogP contribution in [0.5, 0.6) is 0 Å². The molecule has 0 atom stereocenters. The standard InChI is InChI=1S/C15H17N3O/c1-15(2,13-8-4-3-5-9-13)17-14(19)18-11-7-6-10-16-12-18/h3-12H,1-2H3,(H,17,19). The Morgan fingerprint density at radius 1 is 1.21 bits per heavy atom. The Bertz CT molecular complexity index is 514. The number of aliphatic imine (C=N–C) groups is 1. The molecule has 0 unspecified atom stereocenters. The van der Waals surface area contributed by atoms with Gasteiger partial charge in [-0.2, -0.15) is 0 Å². The molecule has 2 rings (SSSR count). The van der Waals surface area contributed by atoms with Crippen LogP contribution < -0.4 is 5.32 Å².